The Kier molecular flexibility index (Phi) is 6.25. The molecule has 1 aromatic carbocycles. The van der Waals surface area contributed by atoms with Crippen molar-refractivity contribution >= 4 is 0 Å². The third-order valence-corrected chi connectivity index (χ3v) is 5.45. The van der Waals surface area contributed by atoms with Crippen LogP contribution in [-0.4, -0.2) is 30.6 Å². The predicted octanol–water partition coefficient (Wildman–Crippen LogP) is 3.85. The molecule has 0 spiro atoms. The summed E-state index contributed by atoms with van der Waals surface area (Å²) in [4.78, 5) is 2.56. The van der Waals surface area contributed by atoms with Gasteiger partial charge in [-0.15, -0.1) is 0 Å². The van der Waals surface area contributed by atoms with Crippen molar-refractivity contribution in [1.29, 1.82) is 0 Å². The molecule has 0 aliphatic heterocycles. The summed E-state index contributed by atoms with van der Waals surface area (Å²) in [6, 6.07) is 10.8. The molecular formula is C19H32N2. The van der Waals surface area contributed by atoms with Gasteiger partial charge in [-0.25, -0.2) is 0 Å². The van der Waals surface area contributed by atoms with Crippen molar-refractivity contribution in [2.24, 2.45) is 11.7 Å². The number of aryl methyl sites for hydroxylation is 1. The van der Waals surface area contributed by atoms with Crippen LogP contribution in [0.25, 0.3) is 0 Å². The highest BCUT2D eigenvalue weighted by Crippen LogP contribution is 2.35. The molecule has 0 aromatic heterocycles. The van der Waals surface area contributed by atoms with Gasteiger partial charge in [-0.3, -0.25) is 4.90 Å². The van der Waals surface area contributed by atoms with Gasteiger partial charge in [-0.2, -0.15) is 0 Å². The van der Waals surface area contributed by atoms with Gasteiger partial charge in [0.2, 0.25) is 0 Å². The van der Waals surface area contributed by atoms with Crippen molar-refractivity contribution in [1.82, 2.24) is 4.90 Å². The summed E-state index contributed by atoms with van der Waals surface area (Å²) in [7, 11) is 2.28. The van der Waals surface area contributed by atoms with E-state index in [0.29, 0.717) is 0 Å². The highest BCUT2D eigenvalue weighted by Gasteiger charge is 2.36. The van der Waals surface area contributed by atoms with E-state index in [0.717, 1.165) is 12.5 Å². The molecule has 0 bridgehead atoms. The van der Waals surface area contributed by atoms with E-state index < -0.39 is 0 Å². The summed E-state index contributed by atoms with van der Waals surface area (Å²) in [6.45, 7) is 4.37. The van der Waals surface area contributed by atoms with Crippen LogP contribution in [-0.2, 0) is 6.42 Å². The minimum atomic E-state index is 0.277. The minimum Gasteiger partial charge on any atom is -0.329 e. The highest BCUT2D eigenvalue weighted by atomic mass is 15.2. The van der Waals surface area contributed by atoms with Crippen LogP contribution in [0.2, 0.25) is 0 Å². The van der Waals surface area contributed by atoms with E-state index in [9.17, 15) is 0 Å². The lowest BCUT2D eigenvalue weighted by Crippen LogP contribution is -2.54. The molecule has 0 amide bonds. The molecule has 2 N–H and O–H groups in total. The first-order chi connectivity index (χ1) is 10.2. The molecule has 1 aliphatic rings. The molecule has 2 heteroatoms. The van der Waals surface area contributed by atoms with Crippen LogP contribution >= 0.6 is 0 Å². The van der Waals surface area contributed by atoms with Crippen LogP contribution in [0, 0.1) is 5.92 Å². The van der Waals surface area contributed by atoms with Gasteiger partial charge in [0, 0.05) is 12.1 Å². The van der Waals surface area contributed by atoms with E-state index in [-0.39, 0.29) is 5.54 Å². The maximum atomic E-state index is 6.14. The Bertz CT molecular complexity index is 393. The van der Waals surface area contributed by atoms with Gasteiger partial charge >= 0.3 is 0 Å². The molecule has 1 aromatic rings. The predicted molar refractivity (Wildman–Crippen MR) is 91.4 cm³/mol. The molecule has 1 saturated carbocycles. The second kappa shape index (κ2) is 7.95. The van der Waals surface area contributed by atoms with E-state index in [1.54, 1.807) is 0 Å². The van der Waals surface area contributed by atoms with Crippen molar-refractivity contribution in [3.05, 3.63) is 35.9 Å². The summed E-state index contributed by atoms with van der Waals surface area (Å²) in [5.74, 6) is 0.885. The van der Waals surface area contributed by atoms with E-state index in [1.165, 1.54) is 57.1 Å². The van der Waals surface area contributed by atoms with Crippen LogP contribution in [0.15, 0.2) is 30.3 Å². The van der Waals surface area contributed by atoms with Gasteiger partial charge in [0.25, 0.3) is 0 Å². The van der Waals surface area contributed by atoms with Gasteiger partial charge in [-0.1, -0.05) is 37.3 Å². The van der Waals surface area contributed by atoms with Gasteiger partial charge in [0.15, 0.2) is 0 Å². The number of nitrogens with zero attached hydrogens (tertiary/aromatic N) is 1. The molecule has 21 heavy (non-hydrogen) atoms. The van der Waals surface area contributed by atoms with Gasteiger partial charge < -0.3 is 5.73 Å². The van der Waals surface area contributed by atoms with Crippen LogP contribution in [0.1, 0.15) is 51.0 Å². The number of nitrogens with two attached hydrogens (primary N) is 1. The van der Waals surface area contributed by atoms with Gasteiger partial charge in [-0.05, 0) is 70.0 Å². The fourth-order valence-corrected chi connectivity index (χ4v) is 3.60. The van der Waals surface area contributed by atoms with Crippen molar-refractivity contribution in [3.8, 4) is 0 Å². The Hall–Kier alpha value is -0.860. The Balaban J connectivity index is 1.74. The molecule has 0 radical (unpaired) electrons. The Morgan fingerprint density at radius 1 is 1.14 bits per heavy atom. The zero-order valence-corrected chi connectivity index (χ0v) is 13.9. The summed E-state index contributed by atoms with van der Waals surface area (Å²) in [5, 5.41) is 0. The zero-order valence-electron chi connectivity index (χ0n) is 13.9. The molecule has 118 valence electrons. The summed E-state index contributed by atoms with van der Waals surface area (Å²) < 4.78 is 0. The van der Waals surface area contributed by atoms with Gasteiger partial charge in [0.1, 0.15) is 0 Å². The molecule has 2 nitrogen and oxygen atoms in total. The maximum Gasteiger partial charge on any atom is 0.0328 e. The minimum absolute atomic E-state index is 0.277. The third-order valence-electron chi connectivity index (χ3n) is 5.45. The second-order valence-electron chi connectivity index (χ2n) is 6.98. The zero-order chi connectivity index (χ0) is 15.1. The van der Waals surface area contributed by atoms with Crippen molar-refractivity contribution in [2.45, 2.75) is 57.4 Å². The molecule has 0 heterocycles. The molecule has 2 rings (SSSR count). The summed E-state index contributed by atoms with van der Waals surface area (Å²) in [5.41, 5.74) is 7.87. The first-order valence-corrected chi connectivity index (χ1v) is 8.61. The van der Waals surface area contributed by atoms with Crippen LogP contribution in [0.4, 0.5) is 0 Å². The van der Waals surface area contributed by atoms with Crippen molar-refractivity contribution in [2.75, 3.05) is 20.1 Å². The average molecular weight is 288 g/mol. The number of likely N-dealkylation sites (N-methyl/N-ethyl adjacent to an activating group) is 1. The number of hydrogen-bond acceptors (Lipinski definition) is 2. The molecule has 1 fully saturated rings. The number of unbranched alkanes of at least 4 members (excludes halogenated alkanes) is 1. The number of rotatable bonds is 7. The smallest absolute Gasteiger partial charge is 0.0328 e. The molecule has 0 saturated heterocycles. The Labute approximate surface area is 130 Å². The van der Waals surface area contributed by atoms with Crippen LogP contribution in [0.5, 0.6) is 0 Å². The lowest BCUT2D eigenvalue weighted by Gasteiger charge is -2.45. The number of benzene rings is 1. The summed E-state index contributed by atoms with van der Waals surface area (Å²) in [6.07, 6.45) is 8.96. The van der Waals surface area contributed by atoms with Crippen LogP contribution < -0.4 is 5.73 Å². The number of hydrogen-bond donors (Lipinski definition) is 1. The Morgan fingerprint density at radius 2 is 1.81 bits per heavy atom. The average Bonchev–Trinajstić information content (AvgIpc) is 2.53. The monoisotopic (exact) mass is 288 g/mol. The second-order valence-corrected chi connectivity index (χ2v) is 6.98. The lowest BCUT2D eigenvalue weighted by atomic mass is 9.76. The van der Waals surface area contributed by atoms with Crippen molar-refractivity contribution in [3.63, 3.8) is 0 Å². The molecular weight excluding hydrogens is 256 g/mol. The standard InChI is InChI=1S/C19H32N2/c1-17-11-13-19(16-20,14-12-17)21(2)15-7-6-10-18-8-4-3-5-9-18/h3-5,8-9,17H,6-7,10-16,20H2,1-2H3. The van der Waals surface area contributed by atoms with E-state index in [4.69, 9.17) is 5.73 Å². The SMILES string of the molecule is CC1CCC(CN)(N(C)CCCCc2ccccc2)CC1. The third kappa shape index (κ3) is 4.55. The largest absolute Gasteiger partial charge is 0.329 e. The van der Waals surface area contributed by atoms with E-state index >= 15 is 0 Å². The van der Waals surface area contributed by atoms with Gasteiger partial charge in [0.05, 0.1) is 0 Å². The first kappa shape index (κ1) is 16.5. The first-order valence-electron chi connectivity index (χ1n) is 8.61. The molecule has 0 atom stereocenters. The van der Waals surface area contributed by atoms with E-state index in [1.807, 2.05) is 0 Å². The fraction of sp³-hybridized carbons (Fsp3) is 0.684. The van der Waals surface area contributed by atoms with Crippen LogP contribution in [0.3, 0.4) is 0 Å². The topological polar surface area (TPSA) is 29.3 Å². The molecule has 0 unspecified atom stereocenters. The molecule has 1 aliphatic carbocycles. The van der Waals surface area contributed by atoms with E-state index in [2.05, 4.69) is 49.2 Å². The highest BCUT2D eigenvalue weighted by molar-refractivity contribution is 5.14. The maximum absolute atomic E-state index is 6.14. The lowest BCUT2D eigenvalue weighted by molar-refractivity contribution is 0.0665. The van der Waals surface area contributed by atoms with Crippen molar-refractivity contribution < 1.29 is 0 Å². The normalized spacial score (nSPS) is 26.2. The Morgan fingerprint density at radius 3 is 2.43 bits per heavy atom. The quantitative estimate of drug-likeness (QED) is 0.772. The fourth-order valence-electron chi connectivity index (χ4n) is 3.60. The summed E-state index contributed by atoms with van der Waals surface area (Å²) >= 11 is 0.